The molecule has 384 valence electrons. The molecule has 2 aliphatic rings. The van der Waals surface area contributed by atoms with Gasteiger partial charge in [-0.05, 0) is 34.1 Å². The van der Waals surface area contributed by atoms with Gasteiger partial charge in [0.2, 0.25) is 5.95 Å². The largest absolute Gasteiger partial charge is 0.756 e. The number of aromatic nitrogens is 6. The molecule has 3 aromatic heterocycles. The summed E-state index contributed by atoms with van der Waals surface area (Å²) in [5.74, 6) is -0.192. The standard InChI is InChI=1S/C45H75N8O14P/c1-8-9-10-11-12-13-14-15-16-17-18-19-20-21-22-24-51(45(57)65-35-32(27-62-29(2)3)64-41(37(35)60-6)52-25-23-33(54)48-44(52)56)26-31-36(67-68(58,59)66-30(4)5)38(61-7)42(63-31)53-28-47-34-39(53)49-43(46)50-40(34)55/h23,25,28-32,35-38,41-42H,8-22,24,26-27H2,1-7H3,(H,58,59)(H,48,54,56)(H3,46,49,50,55)/p-1/t31-,32-,35?,36?,37?,38?,41-,42-/m1/s1. The smallest absolute Gasteiger partial charge is 0.410 e. The van der Waals surface area contributed by atoms with Crippen LogP contribution < -0.4 is 27.4 Å². The van der Waals surface area contributed by atoms with E-state index in [0.29, 0.717) is 6.42 Å². The Morgan fingerprint density at radius 2 is 1.40 bits per heavy atom. The first-order valence-corrected chi connectivity index (χ1v) is 25.7. The summed E-state index contributed by atoms with van der Waals surface area (Å²) in [5.41, 5.74) is 3.91. The predicted octanol–water partition coefficient (Wildman–Crippen LogP) is 5.46. The van der Waals surface area contributed by atoms with Crippen LogP contribution in [0.15, 0.2) is 33.0 Å². The Labute approximate surface area is 397 Å². The summed E-state index contributed by atoms with van der Waals surface area (Å²) in [7, 11) is -2.32. The number of nitrogens with two attached hydrogens (primary N) is 1. The van der Waals surface area contributed by atoms with Crippen molar-refractivity contribution in [3.63, 3.8) is 0 Å². The molecule has 4 N–H and O–H groups in total. The van der Waals surface area contributed by atoms with Gasteiger partial charge in [-0.15, -0.1) is 0 Å². The summed E-state index contributed by atoms with van der Waals surface area (Å²) in [6.45, 7) is 8.80. The zero-order chi connectivity index (χ0) is 49.4. The Morgan fingerprint density at radius 1 is 0.824 bits per heavy atom. The highest BCUT2D eigenvalue weighted by molar-refractivity contribution is 7.45. The van der Waals surface area contributed by atoms with Crippen molar-refractivity contribution in [3.05, 3.63) is 49.8 Å². The number of hydrogen-bond donors (Lipinski definition) is 3. The Balaban J connectivity index is 1.38. The Morgan fingerprint density at radius 3 is 1.97 bits per heavy atom. The minimum absolute atomic E-state index is 0.0353. The minimum Gasteiger partial charge on any atom is -0.756 e. The van der Waals surface area contributed by atoms with E-state index in [2.05, 4.69) is 26.9 Å². The number of carbonyl (C=O) groups excluding carboxylic acids is 1. The molecular formula is C45H74N8O14P-. The number of amides is 1. The number of phosphoric acid groups is 1. The second-order valence-corrected chi connectivity index (χ2v) is 19.4. The van der Waals surface area contributed by atoms with E-state index in [9.17, 15) is 28.6 Å². The van der Waals surface area contributed by atoms with Crippen LogP contribution in [0.2, 0.25) is 0 Å². The molecule has 2 aliphatic heterocycles. The van der Waals surface area contributed by atoms with E-state index in [1.54, 1.807) is 0 Å². The number of hydrogen-bond acceptors (Lipinski definition) is 17. The lowest BCUT2D eigenvalue weighted by atomic mass is 10.0. The van der Waals surface area contributed by atoms with E-state index in [1.165, 1.54) is 120 Å². The number of imidazole rings is 1. The van der Waals surface area contributed by atoms with Crippen LogP contribution in [0.5, 0.6) is 0 Å². The number of fused-ring (bicyclic) bond motifs is 1. The molecule has 68 heavy (non-hydrogen) atoms. The lowest BCUT2D eigenvalue weighted by Crippen LogP contribution is -2.48. The van der Waals surface area contributed by atoms with Gasteiger partial charge < -0.3 is 53.0 Å². The van der Waals surface area contributed by atoms with Crippen LogP contribution in [0.3, 0.4) is 0 Å². The van der Waals surface area contributed by atoms with Gasteiger partial charge in [-0.25, -0.2) is 14.6 Å². The molecule has 0 bridgehead atoms. The fourth-order valence-electron chi connectivity index (χ4n) is 8.73. The summed E-state index contributed by atoms with van der Waals surface area (Å²) in [6.07, 6.45) is 8.66. The molecule has 5 unspecified atom stereocenters. The number of nitrogen functional groups attached to an aromatic ring is 1. The summed E-state index contributed by atoms with van der Waals surface area (Å²) in [5, 5.41) is 0. The number of nitrogens with zero attached hydrogens (tertiary/aromatic N) is 5. The number of phosphoric ester groups is 1. The van der Waals surface area contributed by atoms with Gasteiger partial charge in [0.25, 0.3) is 18.9 Å². The number of H-pyrrole nitrogens is 2. The van der Waals surface area contributed by atoms with Gasteiger partial charge in [0, 0.05) is 33.0 Å². The number of unbranched alkanes of at least 4 members (excludes halogenated alkanes) is 14. The fraction of sp³-hybridized carbons (Fsp3) is 0.778. The summed E-state index contributed by atoms with van der Waals surface area (Å²) < 4.78 is 63.5. The number of rotatable bonds is 30. The first-order valence-electron chi connectivity index (χ1n) is 24.2. The molecule has 5 rings (SSSR count). The molecule has 1 amide bonds. The number of ether oxygens (including phenoxy) is 6. The second kappa shape index (κ2) is 26.8. The quantitative estimate of drug-likeness (QED) is 0.0552. The van der Waals surface area contributed by atoms with Crippen LogP contribution in [0, 0.1) is 0 Å². The number of anilines is 1. The van der Waals surface area contributed by atoms with E-state index in [1.807, 2.05) is 13.8 Å². The van der Waals surface area contributed by atoms with Crippen molar-refractivity contribution >= 4 is 31.0 Å². The van der Waals surface area contributed by atoms with E-state index in [4.69, 9.17) is 43.2 Å². The summed E-state index contributed by atoms with van der Waals surface area (Å²) in [6, 6.07) is 1.17. The molecule has 2 fully saturated rings. The number of carbonyl (C=O) groups is 1. The average molecular weight is 982 g/mol. The van der Waals surface area contributed by atoms with Gasteiger partial charge >= 0.3 is 11.8 Å². The lowest BCUT2D eigenvalue weighted by molar-refractivity contribution is -0.236. The zero-order valence-corrected chi connectivity index (χ0v) is 41.6. The number of methoxy groups -OCH3 is 2. The molecular weight excluding hydrogens is 908 g/mol. The van der Waals surface area contributed by atoms with Gasteiger partial charge in [0.15, 0.2) is 29.7 Å². The molecule has 0 aliphatic carbocycles. The zero-order valence-electron chi connectivity index (χ0n) is 40.7. The minimum atomic E-state index is -5.03. The maximum Gasteiger partial charge on any atom is 0.410 e. The molecule has 0 radical (unpaired) electrons. The fourth-order valence-corrected chi connectivity index (χ4v) is 9.85. The summed E-state index contributed by atoms with van der Waals surface area (Å²) >= 11 is 0. The molecule has 22 nitrogen and oxygen atoms in total. The molecule has 9 atom stereocenters. The molecule has 0 aromatic carbocycles. The van der Waals surface area contributed by atoms with Crippen molar-refractivity contribution in [2.75, 3.05) is 39.6 Å². The summed E-state index contributed by atoms with van der Waals surface area (Å²) in [4.78, 5) is 80.2. The van der Waals surface area contributed by atoms with Crippen molar-refractivity contribution in [3.8, 4) is 0 Å². The maximum atomic E-state index is 14.7. The van der Waals surface area contributed by atoms with E-state index in [0.717, 1.165) is 30.3 Å². The van der Waals surface area contributed by atoms with E-state index >= 15 is 0 Å². The normalized spacial score (nSPS) is 23.8. The van der Waals surface area contributed by atoms with E-state index in [-0.39, 0.29) is 42.9 Å². The van der Waals surface area contributed by atoms with Crippen molar-refractivity contribution in [1.29, 1.82) is 0 Å². The van der Waals surface area contributed by atoms with Crippen LogP contribution >= 0.6 is 7.82 Å². The van der Waals surface area contributed by atoms with Gasteiger partial charge in [-0.3, -0.25) is 33.3 Å². The highest BCUT2D eigenvalue weighted by Crippen LogP contribution is 2.47. The highest BCUT2D eigenvalue weighted by Gasteiger charge is 2.52. The van der Waals surface area contributed by atoms with Crippen LogP contribution in [-0.4, -0.2) is 123 Å². The Hall–Kier alpha value is -3.99. The predicted molar refractivity (Wildman–Crippen MR) is 250 cm³/mol. The van der Waals surface area contributed by atoms with Crippen molar-refractivity contribution in [1.82, 2.24) is 34.0 Å². The Bertz CT molecular complexity index is 2230. The molecule has 23 heteroatoms. The first kappa shape index (κ1) is 54.9. The van der Waals surface area contributed by atoms with Crippen molar-refractivity contribution < 1.29 is 51.7 Å². The van der Waals surface area contributed by atoms with Crippen LogP contribution in [0.25, 0.3) is 11.2 Å². The molecule has 5 heterocycles. The SMILES string of the molecule is CCCCCCCCCCCCCCCCCN(C[C@H]1O[C@@H](n2cnc3c(=O)[nH]c(N)nc32)C(OC)C1OP(=O)([O-])OC(C)C)C(=O)OC1C(OC)[C@H](n2ccc(=O)[nH]c2=O)O[C@@H]1COC(C)C. The van der Waals surface area contributed by atoms with Crippen LogP contribution in [0.1, 0.15) is 143 Å². The molecule has 3 aromatic rings. The lowest BCUT2D eigenvalue weighted by Gasteiger charge is -2.34. The van der Waals surface area contributed by atoms with Crippen molar-refractivity contribution in [2.45, 2.75) is 192 Å². The van der Waals surface area contributed by atoms with Crippen molar-refractivity contribution in [2.24, 2.45) is 0 Å². The third-order valence-corrected chi connectivity index (χ3v) is 13.3. The topological polar surface area (TPSA) is 279 Å². The van der Waals surface area contributed by atoms with Gasteiger partial charge in [-0.2, -0.15) is 4.98 Å². The monoisotopic (exact) mass is 982 g/mol. The second-order valence-electron chi connectivity index (χ2n) is 18.1. The van der Waals surface area contributed by atoms with Gasteiger partial charge in [0.05, 0.1) is 31.7 Å². The Kier molecular flexibility index (Phi) is 21.7. The van der Waals surface area contributed by atoms with Crippen LogP contribution in [0.4, 0.5) is 10.7 Å². The van der Waals surface area contributed by atoms with E-state index < -0.39 is 85.9 Å². The molecule has 2 saturated heterocycles. The third kappa shape index (κ3) is 15.5. The third-order valence-electron chi connectivity index (χ3n) is 12.1. The number of aromatic amines is 2. The maximum absolute atomic E-state index is 14.7. The van der Waals surface area contributed by atoms with Gasteiger partial charge in [-0.1, -0.05) is 96.8 Å². The molecule has 0 saturated carbocycles. The molecule has 0 spiro atoms. The van der Waals surface area contributed by atoms with Gasteiger partial charge in [0.1, 0.15) is 30.5 Å². The first-order chi connectivity index (χ1) is 32.6. The van der Waals surface area contributed by atoms with Crippen LogP contribution in [-0.2, 0) is 42.0 Å². The highest BCUT2D eigenvalue weighted by atomic mass is 31.2. The average Bonchev–Trinajstić information content (AvgIpc) is 3.95. The number of nitrogens with one attached hydrogen (secondary N) is 2.